The summed E-state index contributed by atoms with van der Waals surface area (Å²) >= 11 is 0. The van der Waals surface area contributed by atoms with Crippen LogP contribution in [0.1, 0.15) is 19.2 Å². The number of nitrogens with zero attached hydrogens (tertiary/aromatic N) is 2. The van der Waals surface area contributed by atoms with E-state index in [2.05, 4.69) is 15.5 Å². The third kappa shape index (κ3) is 4.64. The van der Waals surface area contributed by atoms with Gasteiger partial charge >= 0.3 is 5.97 Å². The van der Waals surface area contributed by atoms with E-state index >= 15 is 0 Å². The van der Waals surface area contributed by atoms with Crippen molar-refractivity contribution in [3.05, 3.63) is 36.0 Å². The smallest absolute Gasteiger partial charge is 0.307 e. The van der Waals surface area contributed by atoms with Crippen LogP contribution in [0, 0.1) is 5.82 Å². The van der Waals surface area contributed by atoms with Gasteiger partial charge in [0.15, 0.2) is 0 Å². The number of hydrogen-bond donors (Lipinski definition) is 1. The van der Waals surface area contributed by atoms with Gasteiger partial charge in [-0.15, -0.1) is 10.2 Å². The van der Waals surface area contributed by atoms with Crippen molar-refractivity contribution in [3.63, 3.8) is 0 Å². The van der Waals surface area contributed by atoms with E-state index in [1.54, 1.807) is 19.1 Å². The van der Waals surface area contributed by atoms with Gasteiger partial charge in [-0.1, -0.05) is 0 Å². The van der Waals surface area contributed by atoms with Crippen LogP contribution in [-0.4, -0.2) is 29.3 Å². The molecule has 0 aliphatic carbocycles. The van der Waals surface area contributed by atoms with E-state index in [0.717, 1.165) is 0 Å². The molecule has 2 aromatic rings. The summed E-state index contributed by atoms with van der Waals surface area (Å²) < 4.78 is 23.1. The lowest BCUT2D eigenvalue weighted by Crippen LogP contribution is -2.19. The molecule has 0 aliphatic rings. The van der Waals surface area contributed by atoms with Crippen LogP contribution in [0.2, 0.25) is 0 Å². The Balaban J connectivity index is 1.81. The average molecular weight is 293 g/mol. The monoisotopic (exact) mass is 293 g/mol. The average Bonchev–Trinajstić information content (AvgIpc) is 2.93. The van der Waals surface area contributed by atoms with Gasteiger partial charge in [0.25, 0.3) is 0 Å². The molecule has 0 atom stereocenters. The highest BCUT2D eigenvalue weighted by Crippen LogP contribution is 2.17. The Morgan fingerprint density at radius 1 is 1.33 bits per heavy atom. The van der Waals surface area contributed by atoms with Crippen LogP contribution in [0.25, 0.3) is 11.5 Å². The Morgan fingerprint density at radius 3 is 2.81 bits per heavy atom. The van der Waals surface area contributed by atoms with Crippen molar-refractivity contribution in [2.45, 2.75) is 19.9 Å². The highest BCUT2D eigenvalue weighted by Gasteiger charge is 2.08. The maximum Gasteiger partial charge on any atom is 0.307 e. The van der Waals surface area contributed by atoms with Gasteiger partial charge in [0, 0.05) is 12.1 Å². The fourth-order valence-electron chi connectivity index (χ4n) is 1.65. The summed E-state index contributed by atoms with van der Waals surface area (Å²) in [5.41, 5.74) is 0.654. The molecule has 0 unspecified atom stereocenters. The molecule has 21 heavy (non-hydrogen) atoms. The number of hydrogen-bond acceptors (Lipinski definition) is 6. The number of esters is 1. The Kier molecular flexibility index (Phi) is 5.39. The standard InChI is InChI=1S/C14H16FN3O3/c1-2-20-13(19)7-8-16-9-12-17-18-14(21-12)10-3-5-11(15)6-4-10/h3-6,16H,2,7-9H2,1H3. The van der Waals surface area contributed by atoms with Gasteiger partial charge in [0.05, 0.1) is 19.6 Å². The topological polar surface area (TPSA) is 77.2 Å². The minimum atomic E-state index is -0.320. The van der Waals surface area contributed by atoms with Crippen molar-refractivity contribution in [2.24, 2.45) is 0 Å². The van der Waals surface area contributed by atoms with Crippen LogP contribution < -0.4 is 5.32 Å². The summed E-state index contributed by atoms with van der Waals surface area (Å²) in [5, 5.41) is 10.8. The number of carbonyl (C=O) groups excluding carboxylic acids is 1. The van der Waals surface area contributed by atoms with Gasteiger partial charge in [-0.2, -0.15) is 0 Å². The summed E-state index contributed by atoms with van der Waals surface area (Å²) in [6, 6.07) is 5.80. The van der Waals surface area contributed by atoms with E-state index < -0.39 is 0 Å². The molecule has 0 spiro atoms. The van der Waals surface area contributed by atoms with Crippen molar-refractivity contribution in [3.8, 4) is 11.5 Å². The molecule has 0 fully saturated rings. The first kappa shape index (κ1) is 15.1. The molecule has 0 amide bonds. The number of halogens is 1. The van der Waals surface area contributed by atoms with Gasteiger partial charge in [-0.3, -0.25) is 4.79 Å². The molecule has 1 aromatic carbocycles. The normalized spacial score (nSPS) is 10.6. The summed E-state index contributed by atoms with van der Waals surface area (Å²) in [4.78, 5) is 11.1. The summed E-state index contributed by atoms with van der Waals surface area (Å²) in [6.45, 7) is 2.96. The molecule has 0 saturated heterocycles. The molecule has 1 heterocycles. The quantitative estimate of drug-likeness (QED) is 0.621. The number of aromatic nitrogens is 2. The molecule has 0 saturated carbocycles. The molecule has 1 aromatic heterocycles. The van der Waals surface area contributed by atoms with Gasteiger partial charge in [0.1, 0.15) is 5.82 Å². The summed E-state index contributed by atoms with van der Waals surface area (Å²) in [6.07, 6.45) is 0.285. The van der Waals surface area contributed by atoms with Crippen molar-refractivity contribution in [1.29, 1.82) is 0 Å². The molecular weight excluding hydrogens is 277 g/mol. The number of nitrogens with one attached hydrogen (secondary N) is 1. The fraction of sp³-hybridized carbons (Fsp3) is 0.357. The number of rotatable bonds is 7. The van der Waals surface area contributed by atoms with Crippen molar-refractivity contribution < 1.29 is 18.3 Å². The molecule has 7 heteroatoms. The Hall–Kier alpha value is -2.28. The minimum absolute atomic E-state index is 0.248. The Bertz CT molecular complexity index is 583. The fourth-order valence-corrected chi connectivity index (χ4v) is 1.65. The van der Waals surface area contributed by atoms with Gasteiger partial charge in [-0.25, -0.2) is 4.39 Å². The second-order valence-electron chi connectivity index (χ2n) is 4.24. The van der Waals surface area contributed by atoms with E-state index in [1.807, 2.05) is 0 Å². The lowest BCUT2D eigenvalue weighted by Gasteiger charge is -2.02. The van der Waals surface area contributed by atoms with Crippen LogP contribution >= 0.6 is 0 Å². The first-order valence-corrected chi connectivity index (χ1v) is 6.63. The predicted molar refractivity (Wildman–Crippen MR) is 72.6 cm³/mol. The highest BCUT2D eigenvalue weighted by atomic mass is 19.1. The molecule has 2 rings (SSSR count). The maximum absolute atomic E-state index is 12.8. The zero-order chi connectivity index (χ0) is 15.1. The number of carbonyl (C=O) groups is 1. The number of benzene rings is 1. The largest absolute Gasteiger partial charge is 0.466 e. The first-order valence-electron chi connectivity index (χ1n) is 6.63. The Labute approximate surface area is 121 Å². The zero-order valence-corrected chi connectivity index (χ0v) is 11.6. The molecule has 112 valence electrons. The van der Waals surface area contributed by atoms with Gasteiger partial charge < -0.3 is 14.5 Å². The molecule has 0 aliphatic heterocycles. The molecule has 6 nitrogen and oxygen atoms in total. The van der Waals surface area contributed by atoms with Crippen LogP contribution in [0.4, 0.5) is 4.39 Å². The lowest BCUT2D eigenvalue weighted by atomic mass is 10.2. The van der Waals surface area contributed by atoms with Gasteiger partial charge in [-0.05, 0) is 31.2 Å². The third-order valence-electron chi connectivity index (χ3n) is 2.65. The minimum Gasteiger partial charge on any atom is -0.466 e. The van der Waals surface area contributed by atoms with E-state index in [9.17, 15) is 9.18 Å². The van der Waals surface area contributed by atoms with Gasteiger partial charge in [0.2, 0.25) is 11.8 Å². The number of ether oxygens (including phenoxy) is 1. The summed E-state index contributed by atoms with van der Waals surface area (Å²) in [7, 11) is 0. The van der Waals surface area contributed by atoms with Crippen LogP contribution in [0.5, 0.6) is 0 Å². The second kappa shape index (κ2) is 7.49. The van der Waals surface area contributed by atoms with E-state index in [1.165, 1.54) is 12.1 Å². The molecule has 1 N–H and O–H groups in total. The zero-order valence-electron chi connectivity index (χ0n) is 11.6. The Morgan fingerprint density at radius 2 is 2.10 bits per heavy atom. The lowest BCUT2D eigenvalue weighted by molar-refractivity contribution is -0.142. The van der Waals surface area contributed by atoms with Crippen LogP contribution in [0.3, 0.4) is 0 Å². The molecule has 0 radical (unpaired) electrons. The maximum atomic E-state index is 12.8. The third-order valence-corrected chi connectivity index (χ3v) is 2.65. The van der Waals surface area contributed by atoms with Crippen LogP contribution in [0.15, 0.2) is 28.7 Å². The first-order chi connectivity index (χ1) is 10.2. The second-order valence-corrected chi connectivity index (χ2v) is 4.24. The van der Waals surface area contributed by atoms with E-state index in [-0.39, 0.29) is 18.2 Å². The SMILES string of the molecule is CCOC(=O)CCNCc1nnc(-c2ccc(F)cc2)o1. The predicted octanol–water partition coefficient (Wildman–Crippen LogP) is 1.92. The van der Waals surface area contributed by atoms with Crippen molar-refractivity contribution in [1.82, 2.24) is 15.5 Å². The van der Waals surface area contributed by atoms with Crippen molar-refractivity contribution >= 4 is 5.97 Å². The molecular formula is C14H16FN3O3. The van der Waals surface area contributed by atoms with E-state index in [4.69, 9.17) is 9.15 Å². The summed E-state index contributed by atoms with van der Waals surface area (Å²) in [5.74, 6) is 0.164. The highest BCUT2D eigenvalue weighted by molar-refractivity contribution is 5.69. The van der Waals surface area contributed by atoms with Crippen LogP contribution in [-0.2, 0) is 16.1 Å². The molecule has 0 bridgehead atoms. The van der Waals surface area contributed by atoms with Crippen molar-refractivity contribution in [2.75, 3.05) is 13.2 Å². The van der Waals surface area contributed by atoms with E-state index in [0.29, 0.717) is 37.0 Å².